The Hall–Kier alpha value is -3.42. The van der Waals surface area contributed by atoms with Crippen LogP contribution in [0.1, 0.15) is 35.8 Å². The molecule has 194 valence electrons. The zero-order chi connectivity index (χ0) is 25.5. The Morgan fingerprint density at radius 2 is 2.00 bits per heavy atom. The summed E-state index contributed by atoms with van der Waals surface area (Å²) < 4.78 is 0.486. The van der Waals surface area contributed by atoms with Crippen LogP contribution in [0, 0.1) is 0 Å². The zero-order valence-electron chi connectivity index (χ0n) is 18.1. The number of carbonyl (C=O) groups is 3. The van der Waals surface area contributed by atoms with E-state index in [4.69, 9.17) is 11.6 Å². The minimum Gasteiger partial charge on any atom is -0.506 e. The summed E-state index contributed by atoms with van der Waals surface area (Å²) in [4.78, 5) is 44.4. The van der Waals surface area contributed by atoms with E-state index in [2.05, 4.69) is 47.2 Å². The zero-order valence-corrected chi connectivity index (χ0v) is 20.4. The van der Waals surface area contributed by atoms with Crippen LogP contribution in [-0.4, -0.2) is 69.8 Å². The summed E-state index contributed by atoms with van der Waals surface area (Å²) >= 11 is 9.17. The molecule has 0 radical (unpaired) electrons. The van der Waals surface area contributed by atoms with Crippen LogP contribution in [0.25, 0.3) is 0 Å². The number of pyridine rings is 1. The maximum Gasteiger partial charge on any atom is 0.305 e. The predicted octanol–water partition coefficient (Wildman–Crippen LogP) is 1.63. The molecule has 2 heterocycles. The van der Waals surface area contributed by atoms with Crippen molar-refractivity contribution in [2.75, 3.05) is 25.0 Å². The lowest BCUT2D eigenvalue weighted by molar-refractivity contribution is -0.137. The highest BCUT2D eigenvalue weighted by Crippen LogP contribution is 2.36. The molecule has 0 saturated heterocycles. The Morgan fingerprint density at radius 1 is 1.25 bits per heavy atom. The van der Waals surface area contributed by atoms with Crippen LogP contribution in [0.15, 0.2) is 40.1 Å². The number of aliphatic hydroxyl groups excluding tert-OH is 1. The number of phenolic OH excluding ortho intramolecular Hbond substituents is 1. The van der Waals surface area contributed by atoms with E-state index in [1.54, 1.807) is 0 Å². The quantitative estimate of drug-likeness (QED) is 0.242. The first kappa shape index (κ1) is 28.8. The fourth-order valence-electron chi connectivity index (χ4n) is 3.16. The van der Waals surface area contributed by atoms with Crippen molar-refractivity contribution in [3.05, 3.63) is 51.2 Å². The summed E-state index contributed by atoms with van der Waals surface area (Å²) in [5, 5.41) is 39.7. The van der Waals surface area contributed by atoms with Crippen molar-refractivity contribution in [3.8, 4) is 5.75 Å². The van der Waals surface area contributed by atoms with Gasteiger partial charge in [-0.15, -0.1) is 0 Å². The second-order valence-corrected chi connectivity index (χ2v) is 8.86. The minimum absolute atomic E-state index is 0. The molecule has 7 N–H and O–H groups in total. The van der Waals surface area contributed by atoms with E-state index in [1.807, 2.05) is 0 Å². The van der Waals surface area contributed by atoms with E-state index in [-0.39, 0.29) is 35.9 Å². The predicted molar refractivity (Wildman–Crippen MR) is 137 cm³/mol. The number of aliphatic carboxylic acids is 1. The van der Waals surface area contributed by atoms with Gasteiger partial charge in [-0.05, 0) is 18.2 Å². The molecule has 1 aliphatic rings. The number of nitrogens with one attached hydrogen (secondary N) is 4. The Kier molecular flexibility index (Phi) is 10.4. The first-order valence-electron chi connectivity index (χ1n) is 10.3. The number of phenols is 1. The molecule has 0 saturated carbocycles. The highest BCUT2D eigenvalue weighted by atomic mass is 79.9. The molecule has 36 heavy (non-hydrogen) atoms. The molecule has 0 fully saturated rings. The highest BCUT2D eigenvalue weighted by Gasteiger charge is 2.23. The monoisotopic (exact) mass is 584 g/mol. The molecule has 2 atom stereocenters. The molecule has 1 aliphatic heterocycles. The molecule has 1 unspecified atom stereocenters. The van der Waals surface area contributed by atoms with Crippen LogP contribution < -0.4 is 21.3 Å². The molecule has 0 spiro atoms. The summed E-state index contributed by atoms with van der Waals surface area (Å²) in [6.45, 7) is 0.118. The fourth-order valence-corrected chi connectivity index (χ4v) is 3.99. The van der Waals surface area contributed by atoms with Gasteiger partial charge < -0.3 is 36.6 Å². The maximum atomic E-state index is 12.5. The van der Waals surface area contributed by atoms with E-state index in [0.717, 1.165) is 0 Å². The number of anilines is 1. The summed E-state index contributed by atoms with van der Waals surface area (Å²) in [6, 6.07) is 3.29. The highest BCUT2D eigenvalue weighted by molar-refractivity contribution is 9.10. The van der Waals surface area contributed by atoms with Gasteiger partial charge in [-0.2, -0.15) is 0 Å². The van der Waals surface area contributed by atoms with Gasteiger partial charge in [0.05, 0.1) is 54.1 Å². The fraction of sp³-hybridized carbons (Fsp3) is 0.318. The van der Waals surface area contributed by atoms with E-state index in [1.165, 1.54) is 30.6 Å². The van der Waals surface area contributed by atoms with Crippen LogP contribution in [0.3, 0.4) is 0 Å². The average Bonchev–Trinajstić information content (AvgIpc) is 2.81. The number of β-amino-alcohol motifs (C(OH)–C–C–N with tert-alkyl or cyclic N) is 1. The van der Waals surface area contributed by atoms with Gasteiger partial charge in [-0.25, -0.2) is 0 Å². The Morgan fingerprint density at radius 3 is 2.67 bits per heavy atom. The lowest BCUT2D eigenvalue weighted by Gasteiger charge is -2.20. The van der Waals surface area contributed by atoms with Gasteiger partial charge in [0, 0.05) is 22.8 Å². The number of aliphatic hydroxyl groups is 1. The largest absolute Gasteiger partial charge is 0.506 e. The topological polar surface area (TPSA) is 185 Å². The van der Waals surface area contributed by atoms with Crippen LogP contribution >= 0.6 is 27.5 Å². The number of rotatable bonds is 8. The summed E-state index contributed by atoms with van der Waals surface area (Å²) in [5.74, 6) is -2.41. The molecule has 2 aromatic rings. The summed E-state index contributed by atoms with van der Waals surface area (Å²) in [7, 11) is 0. The first-order chi connectivity index (χ1) is 16.6. The van der Waals surface area contributed by atoms with Gasteiger partial charge in [0.15, 0.2) is 5.96 Å². The Balaban J connectivity index is 0.00000456. The summed E-state index contributed by atoms with van der Waals surface area (Å²) in [6.07, 6.45) is 1.70. The number of carbonyl (C=O) groups excluding carboxylic acids is 2. The molecule has 1 aromatic heterocycles. The van der Waals surface area contributed by atoms with E-state index in [0.29, 0.717) is 22.7 Å². The smallest absolute Gasteiger partial charge is 0.305 e. The van der Waals surface area contributed by atoms with E-state index in [9.17, 15) is 29.7 Å². The average molecular weight is 586 g/mol. The number of amides is 2. The standard InChI is InChI=1S/C21H22BrClN6O6.CH4/c22-11-2-14(19(34)15(23)3-11)16(4-18(32)33)29-17(31)9-25-20(35)10-1-12(6-24-5-10)28-21-26-7-13(30)8-27-21;/h1-3,5-6,13,16,30,34H,4,7-9H2,(H,25,35)(H,29,31)(H,32,33)(H2,26,27,28);1H4/t16-;/m0./s1. The number of aromatic hydroxyl groups is 1. The lowest BCUT2D eigenvalue weighted by atomic mass is 10.0. The molecule has 0 aliphatic carbocycles. The Bertz CT molecular complexity index is 1160. The molecular weight excluding hydrogens is 560 g/mol. The van der Waals surface area contributed by atoms with Crippen LogP contribution in [0.5, 0.6) is 5.75 Å². The van der Waals surface area contributed by atoms with Crippen molar-refractivity contribution >= 4 is 57.0 Å². The maximum absolute atomic E-state index is 12.5. The van der Waals surface area contributed by atoms with Gasteiger partial charge >= 0.3 is 5.97 Å². The number of hydrogen-bond acceptors (Lipinski definition) is 9. The number of guanidine groups is 1. The van der Waals surface area contributed by atoms with Crippen LogP contribution in [0.2, 0.25) is 5.02 Å². The van der Waals surface area contributed by atoms with Gasteiger partial charge in [0.25, 0.3) is 5.91 Å². The van der Waals surface area contributed by atoms with Crippen molar-refractivity contribution in [3.63, 3.8) is 0 Å². The number of benzene rings is 1. The minimum atomic E-state index is -1.21. The van der Waals surface area contributed by atoms with Gasteiger partial charge in [-0.3, -0.25) is 24.4 Å². The third-order valence-electron chi connectivity index (χ3n) is 4.78. The second-order valence-electron chi connectivity index (χ2n) is 7.54. The molecule has 14 heteroatoms. The molecule has 12 nitrogen and oxygen atoms in total. The number of carboxylic acid groups (broad SMARTS) is 1. The number of carboxylic acids is 1. The van der Waals surface area contributed by atoms with E-state index >= 15 is 0 Å². The normalized spacial score (nSPS) is 15.4. The lowest BCUT2D eigenvalue weighted by Crippen LogP contribution is -2.42. The van der Waals surface area contributed by atoms with Crippen molar-refractivity contribution in [2.24, 2.45) is 4.99 Å². The van der Waals surface area contributed by atoms with Crippen molar-refractivity contribution in [1.29, 1.82) is 0 Å². The van der Waals surface area contributed by atoms with Crippen molar-refractivity contribution in [1.82, 2.24) is 20.9 Å². The third kappa shape index (κ3) is 8.07. The van der Waals surface area contributed by atoms with Crippen molar-refractivity contribution in [2.45, 2.75) is 26.0 Å². The van der Waals surface area contributed by atoms with Gasteiger partial charge in [0.2, 0.25) is 5.91 Å². The Labute approximate surface area is 220 Å². The number of hydrogen-bond donors (Lipinski definition) is 7. The SMILES string of the molecule is C.O=C(O)C[C@H](NC(=O)CNC(=O)c1cncc(NC2=NCC(O)CN2)c1)c1cc(Br)cc(Cl)c1O. The van der Waals surface area contributed by atoms with Crippen LogP contribution in [-0.2, 0) is 9.59 Å². The first-order valence-corrected chi connectivity index (χ1v) is 11.4. The second kappa shape index (κ2) is 13.0. The van der Waals surface area contributed by atoms with Gasteiger partial charge in [0.1, 0.15) is 5.75 Å². The van der Waals surface area contributed by atoms with E-state index < -0.39 is 42.9 Å². The van der Waals surface area contributed by atoms with Gasteiger partial charge in [-0.1, -0.05) is 35.0 Å². The molecule has 2 amide bonds. The number of aromatic nitrogens is 1. The molecule has 0 bridgehead atoms. The van der Waals surface area contributed by atoms with Crippen LogP contribution in [0.4, 0.5) is 5.69 Å². The molecule has 1 aromatic carbocycles. The number of aliphatic imine (C=N–C) groups is 1. The summed E-state index contributed by atoms with van der Waals surface area (Å²) in [5.41, 5.74) is 0.743. The molecular formula is C22H26BrClN6O6. The number of nitrogens with zero attached hydrogens (tertiary/aromatic N) is 2. The van der Waals surface area contributed by atoms with Crippen molar-refractivity contribution < 1.29 is 29.7 Å². The third-order valence-corrected chi connectivity index (χ3v) is 5.53. The molecule has 3 rings (SSSR count). The number of halogens is 2.